The lowest BCUT2D eigenvalue weighted by atomic mass is 9.87. The zero-order chi connectivity index (χ0) is 19.0. The zero-order valence-corrected chi connectivity index (χ0v) is 18.5. The van der Waals surface area contributed by atoms with E-state index < -0.39 is 0 Å². The summed E-state index contributed by atoms with van der Waals surface area (Å²) in [6, 6.07) is 0. The molecule has 2 saturated heterocycles. The Morgan fingerprint density at radius 3 is 2.56 bits per heavy atom. The third-order valence-electron chi connectivity index (χ3n) is 6.39. The fourth-order valence-electron chi connectivity index (χ4n) is 4.65. The molecule has 0 bridgehead atoms. The molecule has 0 amide bonds. The van der Waals surface area contributed by atoms with E-state index in [-0.39, 0.29) is 0 Å². The number of aliphatic imine (C=N–C) groups is 1. The van der Waals surface area contributed by atoms with Crippen LogP contribution in [0.1, 0.15) is 51.9 Å². The summed E-state index contributed by atoms with van der Waals surface area (Å²) in [7, 11) is 2.23. The van der Waals surface area contributed by atoms with Crippen LogP contribution in [0.2, 0.25) is 0 Å². The van der Waals surface area contributed by atoms with Crippen LogP contribution in [0.25, 0.3) is 0 Å². The quantitative estimate of drug-likeness (QED) is 0.425. The van der Waals surface area contributed by atoms with E-state index in [0.717, 1.165) is 19.6 Å². The number of guanidine groups is 1. The third kappa shape index (κ3) is 6.53. The van der Waals surface area contributed by atoms with Crippen molar-refractivity contribution >= 4 is 17.7 Å². The Labute approximate surface area is 171 Å². The normalized spacial score (nSPS) is 25.1. The van der Waals surface area contributed by atoms with E-state index in [4.69, 9.17) is 4.99 Å². The Hall–Kier alpha value is -0.460. The van der Waals surface area contributed by atoms with Gasteiger partial charge in [0.1, 0.15) is 0 Å². The molecule has 1 spiro atoms. The summed E-state index contributed by atoms with van der Waals surface area (Å²) in [4.78, 5) is 12.6. The lowest BCUT2D eigenvalue weighted by Gasteiger charge is -2.45. The predicted molar refractivity (Wildman–Crippen MR) is 119 cm³/mol. The number of thioether (sulfide) groups is 1. The van der Waals surface area contributed by atoms with E-state index in [9.17, 15) is 0 Å². The summed E-state index contributed by atoms with van der Waals surface area (Å²) in [6.45, 7) is 12.6. The molecule has 1 saturated carbocycles. The highest BCUT2D eigenvalue weighted by Crippen LogP contribution is 2.42. The summed E-state index contributed by atoms with van der Waals surface area (Å²) in [6.07, 6.45) is 9.55. The van der Waals surface area contributed by atoms with Crippen LogP contribution in [0.15, 0.2) is 4.99 Å². The summed E-state index contributed by atoms with van der Waals surface area (Å²) in [5.74, 6) is 2.43. The van der Waals surface area contributed by atoms with Gasteiger partial charge in [-0.3, -0.25) is 4.99 Å². The minimum atomic E-state index is 0.508. The van der Waals surface area contributed by atoms with Gasteiger partial charge in [0.05, 0.1) is 0 Å². The average Bonchev–Trinajstić information content (AvgIpc) is 2.69. The average molecular weight is 396 g/mol. The monoisotopic (exact) mass is 395 g/mol. The van der Waals surface area contributed by atoms with Gasteiger partial charge < -0.3 is 20.0 Å². The van der Waals surface area contributed by atoms with Gasteiger partial charge in [-0.1, -0.05) is 19.3 Å². The molecule has 5 nitrogen and oxygen atoms in total. The maximum absolute atomic E-state index is 5.01. The van der Waals surface area contributed by atoms with Gasteiger partial charge in [-0.25, -0.2) is 0 Å². The van der Waals surface area contributed by atoms with E-state index in [0.29, 0.717) is 4.75 Å². The van der Waals surface area contributed by atoms with Crippen molar-refractivity contribution in [3.05, 3.63) is 0 Å². The number of nitrogens with zero attached hydrogens (tertiary/aromatic N) is 4. The van der Waals surface area contributed by atoms with Crippen molar-refractivity contribution in [2.75, 3.05) is 71.7 Å². The van der Waals surface area contributed by atoms with E-state index >= 15 is 0 Å². The Morgan fingerprint density at radius 2 is 1.81 bits per heavy atom. The number of hydrogen-bond acceptors (Lipinski definition) is 4. The molecule has 156 valence electrons. The van der Waals surface area contributed by atoms with Crippen molar-refractivity contribution in [3.63, 3.8) is 0 Å². The SMILES string of the molecule is CCNC(=NCCCCN1CCN(C)CC1)N1CCSC2(CCCCC2)C1. The Bertz CT molecular complexity index is 450. The maximum atomic E-state index is 5.01. The number of rotatable bonds is 6. The van der Waals surface area contributed by atoms with Crippen molar-refractivity contribution < 1.29 is 0 Å². The number of nitrogens with one attached hydrogen (secondary N) is 1. The summed E-state index contributed by atoms with van der Waals surface area (Å²) < 4.78 is 0.508. The Balaban J connectivity index is 1.43. The van der Waals surface area contributed by atoms with Gasteiger partial charge in [-0.2, -0.15) is 11.8 Å². The van der Waals surface area contributed by atoms with Gasteiger partial charge in [0.15, 0.2) is 5.96 Å². The highest BCUT2D eigenvalue weighted by molar-refractivity contribution is 8.00. The molecular weight excluding hydrogens is 354 g/mol. The first-order valence-corrected chi connectivity index (χ1v) is 12.3. The highest BCUT2D eigenvalue weighted by Gasteiger charge is 2.38. The number of likely N-dealkylation sites (N-methyl/N-ethyl adjacent to an activating group) is 1. The van der Waals surface area contributed by atoms with Crippen LogP contribution < -0.4 is 5.32 Å². The second kappa shape index (κ2) is 10.9. The zero-order valence-electron chi connectivity index (χ0n) is 17.7. The van der Waals surface area contributed by atoms with E-state index in [1.807, 2.05) is 0 Å². The first kappa shape index (κ1) is 21.3. The summed E-state index contributed by atoms with van der Waals surface area (Å²) >= 11 is 2.24. The second-order valence-electron chi connectivity index (χ2n) is 8.60. The lowest BCUT2D eigenvalue weighted by Crippen LogP contribution is -2.53. The molecular formula is C21H41N5S. The second-order valence-corrected chi connectivity index (χ2v) is 10.2. The van der Waals surface area contributed by atoms with Gasteiger partial charge in [-0.15, -0.1) is 0 Å². The standard InChI is InChI=1S/C21H41N5S/c1-3-22-20(23-11-7-8-12-25-15-13-24(2)14-16-25)26-17-18-27-21(19-26)9-5-4-6-10-21/h3-19H2,1-2H3,(H,22,23). The third-order valence-corrected chi connectivity index (χ3v) is 7.92. The van der Waals surface area contributed by atoms with E-state index in [2.05, 4.69) is 45.7 Å². The van der Waals surface area contributed by atoms with Gasteiger partial charge in [0.2, 0.25) is 0 Å². The van der Waals surface area contributed by atoms with E-state index in [1.54, 1.807) is 0 Å². The maximum Gasteiger partial charge on any atom is 0.193 e. The van der Waals surface area contributed by atoms with Gasteiger partial charge in [0.25, 0.3) is 0 Å². The molecule has 0 radical (unpaired) electrons. The topological polar surface area (TPSA) is 34.1 Å². The number of unbranched alkanes of at least 4 members (excludes halogenated alkanes) is 1. The van der Waals surface area contributed by atoms with E-state index in [1.165, 1.54) is 95.9 Å². The Morgan fingerprint density at radius 1 is 1.04 bits per heavy atom. The van der Waals surface area contributed by atoms with Crippen molar-refractivity contribution in [3.8, 4) is 0 Å². The van der Waals surface area contributed by atoms with Crippen molar-refractivity contribution in [1.82, 2.24) is 20.0 Å². The van der Waals surface area contributed by atoms with Crippen LogP contribution in [0.5, 0.6) is 0 Å². The van der Waals surface area contributed by atoms with Gasteiger partial charge in [0, 0.05) is 62.9 Å². The fourth-order valence-corrected chi connectivity index (χ4v) is 6.22. The molecule has 6 heteroatoms. The lowest BCUT2D eigenvalue weighted by molar-refractivity contribution is 0.152. The molecule has 0 aromatic rings. The van der Waals surface area contributed by atoms with Crippen LogP contribution in [-0.2, 0) is 0 Å². The van der Waals surface area contributed by atoms with Crippen LogP contribution in [-0.4, -0.2) is 97.1 Å². The fraction of sp³-hybridized carbons (Fsp3) is 0.952. The smallest absolute Gasteiger partial charge is 0.193 e. The Kier molecular flexibility index (Phi) is 8.59. The molecule has 3 fully saturated rings. The summed E-state index contributed by atoms with van der Waals surface area (Å²) in [5.41, 5.74) is 0. The van der Waals surface area contributed by atoms with Gasteiger partial charge >= 0.3 is 0 Å². The van der Waals surface area contributed by atoms with Crippen molar-refractivity contribution in [2.45, 2.75) is 56.6 Å². The number of piperazine rings is 1. The highest BCUT2D eigenvalue weighted by atomic mass is 32.2. The van der Waals surface area contributed by atoms with Gasteiger partial charge in [-0.05, 0) is 46.2 Å². The minimum absolute atomic E-state index is 0.508. The van der Waals surface area contributed by atoms with Crippen LogP contribution in [0.3, 0.4) is 0 Å². The molecule has 27 heavy (non-hydrogen) atoms. The molecule has 2 heterocycles. The molecule has 1 aliphatic carbocycles. The predicted octanol–water partition coefficient (Wildman–Crippen LogP) is 2.73. The first-order valence-electron chi connectivity index (χ1n) is 11.3. The summed E-state index contributed by atoms with van der Waals surface area (Å²) in [5, 5.41) is 3.57. The van der Waals surface area contributed by atoms with Crippen LogP contribution in [0, 0.1) is 0 Å². The van der Waals surface area contributed by atoms with Crippen molar-refractivity contribution in [1.29, 1.82) is 0 Å². The molecule has 2 aliphatic heterocycles. The number of hydrogen-bond donors (Lipinski definition) is 1. The molecule has 0 aromatic carbocycles. The first-order chi connectivity index (χ1) is 13.2. The molecule has 1 N–H and O–H groups in total. The molecule has 0 unspecified atom stereocenters. The van der Waals surface area contributed by atoms with Crippen LogP contribution in [0.4, 0.5) is 0 Å². The largest absolute Gasteiger partial charge is 0.357 e. The molecule has 3 rings (SSSR count). The van der Waals surface area contributed by atoms with Crippen molar-refractivity contribution in [2.24, 2.45) is 4.99 Å². The molecule has 0 aromatic heterocycles. The van der Waals surface area contributed by atoms with Crippen LogP contribution >= 0.6 is 11.8 Å². The molecule has 0 atom stereocenters. The molecule has 3 aliphatic rings. The minimum Gasteiger partial charge on any atom is -0.357 e.